The van der Waals surface area contributed by atoms with Gasteiger partial charge in [-0.1, -0.05) is 6.58 Å². The number of esters is 1. The minimum absolute atomic E-state index is 0.0296. The van der Waals surface area contributed by atoms with Gasteiger partial charge in [0.15, 0.2) is 0 Å². The first-order valence-corrected chi connectivity index (χ1v) is 17.3. The predicted molar refractivity (Wildman–Crippen MR) is 213 cm³/mol. The second kappa shape index (κ2) is 21.1. The molecule has 0 unspecified atom stereocenters. The highest BCUT2D eigenvalue weighted by atomic mass is 16.5. The van der Waals surface area contributed by atoms with Crippen molar-refractivity contribution in [3.8, 4) is 18.2 Å². The Labute approximate surface area is 325 Å². The summed E-state index contributed by atoms with van der Waals surface area (Å²) in [5, 5.41) is 61.1. The highest BCUT2D eigenvalue weighted by Gasteiger charge is 2.09. The first-order valence-electron chi connectivity index (χ1n) is 17.3. The highest BCUT2D eigenvalue weighted by molar-refractivity contribution is 5.86. The quantitative estimate of drug-likeness (QED) is 0.0703. The van der Waals surface area contributed by atoms with Gasteiger partial charge < -0.3 is 14.7 Å². The van der Waals surface area contributed by atoms with Crippen molar-refractivity contribution >= 4 is 45.8 Å². The fourth-order valence-corrected chi connectivity index (χ4v) is 4.79. The summed E-state index contributed by atoms with van der Waals surface area (Å²) in [6.45, 7) is 9.95. The van der Waals surface area contributed by atoms with Crippen LogP contribution in [0.1, 0.15) is 34.7 Å². The van der Waals surface area contributed by atoms with Crippen LogP contribution in [0.5, 0.6) is 0 Å². The smallest absolute Gasteiger partial charge is 0.333 e. The predicted octanol–water partition coefficient (Wildman–Crippen LogP) is 10.8. The van der Waals surface area contributed by atoms with Gasteiger partial charge in [-0.15, -0.1) is 0 Å². The molecule has 5 aromatic carbocycles. The monoisotopic (exact) mass is 742 g/mol. The fourth-order valence-electron chi connectivity index (χ4n) is 4.79. The van der Waals surface area contributed by atoms with Gasteiger partial charge in [-0.25, -0.2) is 4.79 Å². The van der Waals surface area contributed by atoms with E-state index in [9.17, 15) is 9.90 Å². The van der Waals surface area contributed by atoms with E-state index in [4.69, 9.17) is 20.5 Å². The molecular formula is C43H38N10O3. The number of rotatable bonds is 13. The van der Waals surface area contributed by atoms with E-state index < -0.39 is 5.97 Å². The third-order valence-electron chi connectivity index (χ3n) is 7.87. The number of ether oxygens (including phenoxy) is 1. The van der Waals surface area contributed by atoms with E-state index in [0.717, 1.165) is 16.8 Å². The van der Waals surface area contributed by atoms with E-state index in [0.29, 0.717) is 69.5 Å². The maximum absolute atomic E-state index is 11.6. The maximum Gasteiger partial charge on any atom is 0.333 e. The maximum atomic E-state index is 11.6. The molecule has 0 bridgehead atoms. The van der Waals surface area contributed by atoms with Crippen LogP contribution in [0.15, 0.2) is 152 Å². The Morgan fingerprint density at radius 1 is 0.643 bits per heavy atom. The molecule has 0 fully saturated rings. The molecule has 0 aromatic heterocycles. The average molecular weight is 743 g/mol. The van der Waals surface area contributed by atoms with Gasteiger partial charge in [0, 0.05) is 17.8 Å². The lowest BCUT2D eigenvalue weighted by molar-refractivity contribution is -0.138. The van der Waals surface area contributed by atoms with Crippen molar-refractivity contribution in [1.82, 2.24) is 0 Å². The Morgan fingerprint density at radius 2 is 1.11 bits per heavy atom. The van der Waals surface area contributed by atoms with Crippen LogP contribution in [0.25, 0.3) is 0 Å². The zero-order valence-electron chi connectivity index (χ0n) is 31.2. The van der Waals surface area contributed by atoms with E-state index in [1.54, 1.807) is 67.6 Å². The lowest BCUT2D eigenvalue weighted by Crippen LogP contribution is -2.31. The van der Waals surface area contributed by atoms with Gasteiger partial charge in [-0.2, -0.15) is 46.5 Å². The largest absolute Gasteiger partial charge is 0.460 e. The molecule has 0 atom stereocenters. The summed E-state index contributed by atoms with van der Waals surface area (Å²) >= 11 is 0. The summed E-state index contributed by atoms with van der Waals surface area (Å²) in [6.07, 6.45) is 0. The lowest BCUT2D eigenvalue weighted by atomic mass is 10.1. The summed E-state index contributed by atoms with van der Waals surface area (Å²) in [5.74, 6) is -0.433. The topological polar surface area (TPSA) is 195 Å². The zero-order valence-corrected chi connectivity index (χ0v) is 31.2. The number of anilines is 1. The van der Waals surface area contributed by atoms with Gasteiger partial charge in [-0.05, 0) is 141 Å². The van der Waals surface area contributed by atoms with Crippen molar-refractivity contribution in [3.63, 3.8) is 0 Å². The third-order valence-corrected chi connectivity index (χ3v) is 7.87. The van der Waals surface area contributed by atoms with Gasteiger partial charge in [0.05, 0.1) is 82.2 Å². The summed E-state index contributed by atoms with van der Waals surface area (Å²) in [5.41, 5.74) is 8.89. The molecule has 13 nitrogen and oxygen atoms in total. The molecule has 5 rings (SSSR count). The molecule has 56 heavy (non-hydrogen) atoms. The molecule has 278 valence electrons. The number of carbonyl (C=O) groups is 1. The van der Waals surface area contributed by atoms with Crippen LogP contribution in [0.2, 0.25) is 0 Å². The van der Waals surface area contributed by atoms with Gasteiger partial charge in [0.25, 0.3) is 0 Å². The molecule has 0 heterocycles. The average Bonchev–Trinajstić information content (AvgIpc) is 3.22. The number of hydrogen-bond acceptors (Lipinski definition) is 13. The van der Waals surface area contributed by atoms with Crippen LogP contribution >= 0.6 is 0 Å². The van der Waals surface area contributed by atoms with Gasteiger partial charge >= 0.3 is 5.97 Å². The molecule has 0 amide bonds. The molecule has 0 saturated carbocycles. The van der Waals surface area contributed by atoms with E-state index in [-0.39, 0.29) is 13.2 Å². The van der Waals surface area contributed by atoms with Crippen molar-refractivity contribution in [2.24, 2.45) is 30.7 Å². The summed E-state index contributed by atoms with van der Waals surface area (Å²) < 4.78 is 5.16. The van der Waals surface area contributed by atoms with Crippen LogP contribution in [0.3, 0.4) is 0 Å². The summed E-state index contributed by atoms with van der Waals surface area (Å²) in [6, 6.07) is 38.2. The highest BCUT2D eigenvalue weighted by Crippen LogP contribution is 2.28. The van der Waals surface area contributed by atoms with Crippen molar-refractivity contribution in [1.29, 1.82) is 15.8 Å². The minimum atomic E-state index is -0.433. The second-order valence-corrected chi connectivity index (χ2v) is 12.1. The van der Waals surface area contributed by atoms with E-state index >= 15 is 0 Å². The van der Waals surface area contributed by atoms with Gasteiger partial charge in [0.2, 0.25) is 0 Å². The number of carbonyl (C=O) groups excluding carboxylic acids is 1. The second-order valence-electron chi connectivity index (χ2n) is 12.1. The van der Waals surface area contributed by atoms with Crippen molar-refractivity contribution in [2.45, 2.75) is 20.8 Å². The number of hydrogen-bond donors (Lipinski definition) is 1. The normalized spacial score (nSPS) is 10.7. The van der Waals surface area contributed by atoms with E-state index in [1.165, 1.54) is 0 Å². The van der Waals surface area contributed by atoms with Crippen LogP contribution < -0.4 is 4.90 Å². The molecule has 0 aliphatic heterocycles. The zero-order chi connectivity index (χ0) is 40.3. The molecule has 0 aliphatic rings. The fraction of sp³-hybridized carbons (Fsp3) is 0.163. The van der Waals surface area contributed by atoms with Crippen molar-refractivity contribution in [3.05, 3.63) is 149 Å². The first kappa shape index (κ1) is 41.1. The molecule has 0 saturated heterocycles. The van der Waals surface area contributed by atoms with Gasteiger partial charge in [0.1, 0.15) is 6.61 Å². The van der Waals surface area contributed by atoms with E-state index in [1.807, 2.05) is 73.3 Å². The molecular weight excluding hydrogens is 705 g/mol. The Kier molecular flexibility index (Phi) is 15.5. The summed E-state index contributed by atoms with van der Waals surface area (Å²) in [4.78, 5) is 13.5. The number of nitrogens with zero attached hydrogens (tertiary/aromatic N) is 10. The molecule has 0 aliphatic carbocycles. The van der Waals surface area contributed by atoms with Crippen LogP contribution in [0.4, 0.5) is 39.8 Å². The van der Waals surface area contributed by atoms with Crippen LogP contribution in [-0.2, 0) is 9.53 Å². The number of aliphatic hydroxyl groups is 1. The van der Waals surface area contributed by atoms with Crippen LogP contribution in [0, 0.1) is 47.8 Å². The third kappa shape index (κ3) is 12.8. The van der Waals surface area contributed by atoms with Crippen molar-refractivity contribution < 1.29 is 14.6 Å². The van der Waals surface area contributed by atoms with Crippen LogP contribution in [-0.4, -0.2) is 37.4 Å². The molecule has 0 spiro atoms. The molecule has 0 radical (unpaired) electrons. The number of azo groups is 3. The minimum Gasteiger partial charge on any atom is -0.460 e. The Hall–Kier alpha value is -7.66. The Balaban J connectivity index is 0.000000306. The standard InChI is InChI=1S/C28H28N6O3.C15H10N4/c1-20(2)28(36)37-17-15-34(14-16-35)26-11-8-24(9-12-26)31-33-27-13-10-25(18-21(27)3)32-30-23-6-4-22(19-29)5-7-23;1-11-8-15(7-4-13(11)10-17)19-18-14-5-2-12(9-16)3-6-14/h4-13,18,35H,1,14-17H2,2-3H3;2-8H,1H3. The van der Waals surface area contributed by atoms with Gasteiger partial charge in [-0.3, -0.25) is 0 Å². The molecule has 5 aromatic rings. The SMILES string of the molecule is C=C(C)C(=O)OCCN(CCO)c1ccc(N=Nc2ccc(N=Nc3ccc(C#N)cc3)cc2C)cc1.Cc1cc(N=Nc2ccc(C#N)cc2)ccc1C#N. The van der Waals surface area contributed by atoms with E-state index in [2.05, 4.69) is 49.4 Å². The number of aryl methyl sites for hydroxylation is 2. The first-order chi connectivity index (χ1) is 27.1. The molecule has 13 heteroatoms. The lowest BCUT2D eigenvalue weighted by Gasteiger charge is -2.23. The Bertz CT molecular complexity index is 2350. The number of aliphatic hydroxyl groups excluding tert-OH is 1. The van der Waals surface area contributed by atoms with Crippen molar-refractivity contribution in [2.75, 3.05) is 31.2 Å². The molecule has 1 N–H and O–H groups in total. The number of nitriles is 3. The number of benzene rings is 5. The summed E-state index contributed by atoms with van der Waals surface area (Å²) in [7, 11) is 0. The Morgan fingerprint density at radius 3 is 1.57 bits per heavy atom.